The Morgan fingerprint density at radius 2 is 1.19 bits per heavy atom. The quantitative estimate of drug-likeness (QED) is 0.117. The molecule has 0 unspecified atom stereocenters. The van der Waals surface area contributed by atoms with Gasteiger partial charge in [-0.1, -0.05) is 5.11 Å². The molecule has 0 aliphatic carbocycles. The topological polar surface area (TPSA) is 215 Å². The number of nitrogens with zero attached hydrogens (tertiary/aromatic N) is 3. The van der Waals surface area contributed by atoms with E-state index in [2.05, 4.69) is 10.0 Å². The van der Waals surface area contributed by atoms with Crippen molar-refractivity contribution in [3.05, 3.63) is 10.4 Å². The highest BCUT2D eigenvalue weighted by Crippen LogP contribution is 2.43. The van der Waals surface area contributed by atoms with Crippen molar-refractivity contribution >= 4 is 28.9 Å². The van der Waals surface area contributed by atoms with Crippen LogP contribution in [0.25, 0.3) is 10.4 Å². The highest BCUT2D eigenvalue weighted by Gasteiger charge is 2.77. The molecule has 0 saturated carbocycles. The second-order valence-electron chi connectivity index (χ2n) is 5.90. The summed E-state index contributed by atoms with van der Waals surface area (Å²) in [6, 6.07) is 0. The van der Waals surface area contributed by atoms with E-state index in [4.69, 9.17) is 5.53 Å². The van der Waals surface area contributed by atoms with E-state index in [0.29, 0.717) is 34.6 Å². The second-order valence-corrected chi connectivity index (χ2v) is 5.90. The third-order valence-corrected chi connectivity index (χ3v) is 4.15. The number of rotatable bonds is 9. The molecule has 0 aromatic heterocycles. The Hall–Kier alpha value is -2.50. The summed E-state index contributed by atoms with van der Waals surface area (Å²) >= 11 is 0. The number of aliphatic hydroxyl groups is 4. The summed E-state index contributed by atoms with van der Waals surface area (Å²) in [6.07, 6.45) is 0. The maximum absolute atomic E-state index is 12.2. The van der Waals surface area contributed by atoms with Gasteiger partial charge in [0.15, 0.2) is 34.5 Å². The lowest BCUT2D eigenvalue weighted by Gasteiger charge is -2.51. The Morgan fingerprint density at radius 1 is 0.808 bits per heavy atom. The molecule has 0 aromatic rings. The van der Waals surface area contributed by atoms with Crippen LogP contribution in [0.5, 0.6) is 0 Å². The SMILES string of the molecule is CC(=O)C(=O)[C@](O)(C(C)=O)[C@@](O)(C(C)=O)[C@@](O)(C(C)=O)[C@](C)(O)N=[N+]=[N-]. The first kappa shape index (κ1) is 23.5. The van der Waals surface area contributed by atoms with Crippen molar-refractivity contribution in [2.24, 2.45) is 5.11 Å². The van der Waals surface area contributed by atoms with Crippen molar-refractivity contribution in [3.63, 3.8) is 0 Å². The molecular weight excluding hydrogens is 354 g/mol. The van der Waals surface area contributed by atoms with Crippen molar-refractivity contribution in [1.29, 1.82) is 0 Å². The molecular formula is C14H19N3O9. The minimum absolute atomic E-state index is 0.474. The molecule has 4 N–H and O–H groups in total. The first-order valence-electron chi connectivity index (χ1n) is 7.04. The van der Waals surface area contributed by atoms with Crippen LogP contribution in [0.2, 0.25) is 0 Å². The summed E-state index contributed by atoms with van der Waals surface area (Å²) in [5, 5.41) is 45.1. The van der Waals surface area contributed by atoms with Crippen LogP contribution >= 0.6 is 0 Å². The molecule has 12 heteroatoms. The zero-order chi connectivity index (χ0) is 21.3. The van der Waals surface area contributed by atoms with Gasteiger partial charge in [-0.3, -0.25) is 24.0 Å². The average Bonchev–Trinajstić information content (AvgIpc) is 2.50. The van der Waals surface area contributed by atoms with Crippen LogP contribution in [-0.4, -0.2) is 71.9 Å². The van der Waals surface area contributed by atoms with Crippen molar-refractivity contribution in [2.75, 3.05) is 0 Å². The highest BCUT2D eigenvalue weighted by atomic mass is 16.4. The molecule has 0 aliphatic rings. The van der Waals surface area contributed by atoms with Crippen molar-refractivity contribution < 1.29 is 44.4 Å². The molecule has 0 saturated heterocycles. The molecule has 0 aliphatic heterocycles. The number of carbonyl (C=O) groups excluding carboxylic acids is 5. The van der Waals surface area contributed by atoms with Crippen LogP contribution in [0.15, 0.2) is 5.11 Å². The highest BCUT2D eigenvalue weighted by molar-refractivity contribution is 6.45. The predicted octanol–water partition coefficient (Wildman–Crippen LogP) is -1.88. The lowest BCUT2D eigenvalue weighted by atomic mass is 9.60. The fraction of sp³-hybridized carbons (Fsp3) is 0.643. The molecule has 0 heterocycles. The molecule has 0 radical (unpaired) electrons. The number of azide groups is 1. The van der Waals surface area contributed by atoms with Crippen molar-refractivity contribution in [1.82, 2.24) is 0 Å². The monoisotopic (exact) mass is 373 g/mol. The predicted molar refractivity (Wildman–Crippen MR) is 82.4 cm³/mol. The van der Waals surface area contributed by atoms with Gasteiger partial charge in [0.05, 0.1) is 0 Å². The van der Waals surface area contributed by atoms with Crippen molar-refractivity contribution in [2.45, 2.75) is 57.1 Å². The molecule has 0 fully saturated rings. The minimum atomic E-state index is -4.07. The fourth-order valence-electron chi connectivity index (χ4n) is 2.70. The molecule has 0 bridgehead atoms. The molecule has 4 atom stereocenters. The lowest BCUT2D eigenvalue weighted by Crippen LogP contribution is -2.83. The fourth-order valence-corrected chi connectivity index (χ4v) is 2.70. The van der Waals surface area contributed by atoms with Crippen LogP contribution in [0.1, 0.15) is 34.6 Å². The van der Waals surface area contributed by atoms with Gasteiger partial charge in [0.2, 0.25) is 17.0 Å². The first-order chi connectivity index (χ1) is 11.5. The van der Waals surface area contributed by atoms with E-state index in [9.17, 15) is 44.4 Å². The first-order valence-corrected chi connectivity index (χ1v) is 7.04. The van der Waals surface area contributed by atoms with Gasteiger partial charge in [0, 0.05) is 11.8 Å². The average molecular weight is 373 g/mol. The van der Waals surface area contributed by atoms with Gasteiger partial charge >= 0.3 is 0 Å². The Labute approximate surface area is 147 Å². The summed E-state index contributed by atoms with van der Waals surface area (Å²) in [5.74, 6) is -8.61. The van der Waals surface area contributed by atoms with Gasteiger partial charge in [-0.25, -0.2) is 0 Å². The van der Waals surface area contributed by atoms with E-state index in [1.165, 1.54) is 0 Å². The normalized spacial score (nSPS) is 20.2. The number of carbonyl (C=O) groups is 5. The van der Waals surface area contributed by atoms with Gasteiger partial charge in [-0.15, -0.1) is 0 Å². The summed E-state index contributed by atoms with van der Waals surface area (Å²) < 4.78 is 0. The molecule has 0 amide bonds. The smallest absolute Gasteiger partial charge is 0.240 e. The van der Waals surface area contributed by atoms with E-state index < -0.39 is 51.4 Å². The Kier molecular flexibility index (Phi) is 6.34. The van der Waals surface area contributed by atoms with Crippen molar-refractivity contribution in [3.8, 4) is 0 Å². The third-order valence-electron chi connectivity index (χ3n) is 4.15. The largest absolute Gasteiger partial charge is 0.381 e. The van der Waals surface area contributed by atoms with Crippen LogP contribution in [-0.2, 0) is 24.0 Å². The number of ketones is 5. The van der Waals surface area contributed by atoms with E-state index >= 15 is 0 Å². The van der Waals surface area contributed by atoms with Crippen LogP contribution in [0, 0.1) is 0 Å². The van der Waals surface area contributed by atoms with Gasteiger partial charge in [-0.2, -0.15) is 0 Å². The molecule has 0 rings (SSSR count). The molecule has 0 spiro atoms. The third kappa shape index (κ3) is 2.83. The van der Waals surface area contributed by atoms with Gasteiger partial charge in [0.1, 0.15) is 0 Å². The zero-order valence-electron chi connectivity index (χ0n) is 14.7. The van der Waals surface area contributed by atoms with Gasteiger partial charge in [-0.05, 0) is 33.2 Å². The number of hydrogen-bond donors (Lipinski definition) is 4. The van der Waals surface area contributed by atoms with Gasteiger partial charge < -0.3 is 20.4 Å². The van der Waals surface area contributed by atoms with E-state index in [1.54, 1.807) is 0 Å². The van der Waals surface area contributed by atoms with Crippen LogP contribution in [0.4, 0.5) is 0 Å². The second kappa shape index (κ2) is 7.02. The Morgan fingerprint density at radius 3 is 1.42 bits per heavy atom. The minimum Gasteiger partial charge on any atom is -0.381 e. The van der Waals surface area contributed by atoms with Gasteiger partial charge in [0.25, 0.3) is 0 Å². The molecule has 144 valence electrons. The van der Waals surface area contributed by atoms with E-state index in [-0.39, 0.29) is 0 Å². The molecule has 26 heavy (non-hydrogen) atoms. The summed E-state index contributed by atoms with van der Waals surface area (Å²) in [7, 11) is 0. The standard InChI is InChI=1S/C14H19N3O9/c1-6(18)10(22)12(24,7(2)19)14(26,9(4)21)13(25,8(3)20)11(5,23)16-17-15/h23-26H,1-5H3/t11-,12+,13+,14-/m0/s1. The van der Waals surface area contributed by atoms with E-state index in [0.717, 1.165) is 0 Å². The van der Waals surface area contributed by atoms with Crippen LogP contribution in [0.3, 0.4) is 0 Å². The molecule has 12 nitrogen and oxygen atoms in total. The summed E-state index contributed by atoms with van der Waals surface area (Å²) in [4.78, 5) is 62.0. The number of Topliss-reactive ketones (excluding diaryl/α,β-unsaturated/α-hetero) is 5. The summed E-state index contributed by atoms with van der Waals surface area (Å²) in [5.41, 5.74) is -6.72. The lowest BCUT2D eigenvalue weighted by molar-refractivity contribution is -0.260. The maximum atomic E-state index is 12.2. The Bertz CT molecular complexity index is 740. The maximum Gasteiger partial charge on any atom is 0.240 e. The van der Waals surface area contributed by atoms with Crippen LogP contribution < -0.4 is 0 Å². The number of hydrogen-bond acceptors (Lipinski definition) is 10. The Balaban J connectivity index is 7.49. The van der Waals surface area contributed by atoms with E-state index in [1.807, 2.05) is 0 Å². The molecule has 0 aromatic carbocycles. The summed E-state index contributed by atoms with van der Waals surface area (Å²) in [6.45, 7) is 2.57. The zero-order valence-corrected chi connectivity index (χ0v) is 14.7.